The highest BCUT2D eigenvalue weighted by molar-refractivity contribution is 6.45. The van der Waals surface area contributed by atoms with Crippen LogP contribution in [0, 0.1) is 0 Å². The van der Waals surface area contributed by atoms with Gasteiger partial charge in [0, 0.05) is 26.2 Å². The first-order chi connectivity index (χ1) is 15.8. The van der Waals surface area contributed by atoms with Gasteiger partial charge in [0.05, 0.1) is 21.9 Å². The average Bonchev–Trinajstić information content (AvgIpc) is 2.77. The zero-order valence-electron chi connectivity index (χ0n) is 16.5. The molecule has 0 aliphatic heterocycles. The van der Waals surface area contributed by atoms with Gasteiger partial charge in [0.1, 0.15) is 12.4 Å². The number of ether oxygens (including phenoxy) is 1. The second kappa shape index (κ2) is 11.6. The molecule has 0 spiro atoms. The molecule has 0 aliphatic carbocycles. The highest BCUT2D eigenvalue weighted by Gasteiger charge is 2.15. The van der Waals surface area contributed by atoms with E-state index in [-0.39, 0.29) is 22.3 Å². The largest absolute Gasteiger partial charge is 0.488 e. The molecule has 0 fully saturated rings. The Kier molecular flexibility index (Phi) is 8.83. The summed E-state index contributed by atoms with van der Waals surface area (Å²) in [5.74, 6) is -1.59. The van der Waals surface area contributed by atoms with Crippen molar-refractivity contribution in [2.45, 2.75) is 6.61 Å². The Morgan fingerprint density at radius 1 is 0.879 bits per heavy atom. The lowest BCUT2D eigenvalue weighted by Gasteiger charge is -2.12. The normalized spacial score (nSPS) is 10.8. The van der Waals surface area contributed by atoms with Crippen LogP contribution in [-0.4, -0.2) is 18.0 Å². The molecular formula is C22H14Cl5N3O3. The molecule has 0 saturated carbocycles. The Morgan fingerprint density at radius 2 is 1.55 bits per heavy atom. The molecule has 0 aromatic heterocycles. The van der Waals surface area contributed by atoms with Gasteiger partial charge in [-0.05, 0) is 42.5 Å². The summed E-state index contributed by atoms with van der Waals surface area (Å²) < 4.78 is 5.81. The first-order valence-corrected chi connectivity index (χ1v) is 11.1. The molecule has 11 heteroatoms. The monoisotopic (exact) mass is 543 g/mol. The number of halogens is 5. The summed E-state index contributed by atoms with van der Waals surface area (Å²) in [7, 11) is 0. The van der Waals surface area contributed by atoms with E-state index in [1.807, 2.05) is 0 Å². The fourth-order valence-electron chi connectivity index (χ4n) is 2.56. The van der Waals surface area contributed by atoms with Gasteiger partial charge in [-0.3, -0.25) is 9.59 Å². The van der Waals surface area contributed by atoms with E-state index >= 15 is 0 Å². The van der Waals surface area contributed by atoms with Gasteiger partial charge < -0.3 is 10.1 Å². The lowest BCUT2D eigenvalue weighted by Crippen LogP contribution is -2.32. The van der Waals surface area contributed by atoms with Crippen LogP contribution in [0.25, 0.3) is 0 Å². The number of hydrazone groups is 1. The number of hydrogen-bond donors (Lipinski definition) is 2. The van der Waals surface area contributed by atoms with E-state index in [4.69, 9.17) is 62.7 Å². The summed E-state index contributed by atoms with van der Waals surface area (Å²) in [6.07, 6.45) is 1.28. The lowest BCUT2D eigenvalue weighted by atomic mass is 10.2. The van der Waals surface area contributed by atoms with E-state index in [9.17, 15) is 9.59 Å². The minimum Gasteiger partial charge on any atom is -0.488 e. The first-order valence-electron chi connectivity index (χ1n) is 9.20. The Morgan fingerprint density at radius 3 is 2.27 bits per heavy atom. The molecule has 0 saturated heterocycles. The highest BCUT2D eigenvalue weighted by atomic mass is 35.5. The van der Waals surface area contributed by atoms with Crippen molar-refractivity contribution in [3.63, 3.8) is 0 Å². The second-order valence-electron chi connectivity index (χ2n) is 6.43. The third-order valence-electron chi connectivity index (χ3n) is 4.18. The molecule has 3 aromatic carbocycles. The van der Waals surface area contributed by atoms with Crippen LogP contribution in [0.15, 0.2) is 59.7 Å². The molecule has 170 valence electrons. The van der Waals surface area contributed by atoms with Crippen LogP contribution >= 0.6 is 58.0 Å². The van der Waals surface area contributed by atoms with E-state index in [0.29, 0.717) is 31.9 Å². The number of benzene rings is 3. The third kappa shape index (κ3) is 6.76. The molecule has 0 heterocycles. The molecule has 6 nitrogen and oxygen atoms in total. The van der Waals surface area contributed by atoms with Crippen molar-refractivity contribution in [2.75, 3.05) is 5.32 Å². The smallest absolute Gasteiger partial charge is 0.329 e. The standard InChI is InChI=1S/C22H14Cl5N3O3/c23-13-7-8-19(33-11-14-15(24)3-1-4-16(14)25)12(9-13)10-28-30-22(32)21(31)29-18-6-2-5-17(26)20(18)27/h1-10H,11H2,(H,29,31)(H,30,32)/b28-10-. The fourth-order valence-corrected chi connectivity index (χ4v) is 3.60. The van der Waals surface area contributed by atoms with Gasteiger partial charge in [0.15, 0.2) is 0 Å². The van der Waals surface area contributed by atoms with Crippen LogP contribution in [0.3, 0.4) is 0 Å². The van der Waals surface area contributed by atoms with E-state index in [1.165, 1.54) is 12.3 Å². The van der Waals surface area contributed by atoms with Crippen molar-refractivity contribution in [3.05, 3.63) is 90.8 Å². The summed E-state index contributed by atoms with van der Waals surface area (Å²) in [6.45, 7) is 0.0934. The SMILES string of the molecule is O=C(N/N=C\c1cc(Cl)ccc1OCc1c(Cl)cccc1Cl)C(=O)Nc1cccc(Cl)c1Cl. The van der Waals surface area contributed by atoms with Gasteiger partial charge in [0.25, 0.3) is 0 Å². The lowest BCUT2D eigenvalue weighted by molar-refractivity contribution is -0.136. The molecule has 33 heavy (non-hydrogen) atoms. The van der Waals surface area contributed by atoms with Crippen LogP contribution < -0.4 is 15.5 Å². The number of hydrogen-bond acceptors (Lipinski definition) is 4. The molecule has 0 unspecified atom stereocenters. The molecule has 0 radical (unpaired) electrons. The van der Waals surface area contributed by atoms with Gasteiger partial charge in [-0.25, -0.2) is 5.43 Å². The van der Waals surface area contributed by atoms with Gasteiger partial charge in [-0.15, -0.1) is 0 Å². The topological polar surface area (TPSA) is 79.8 Å². The van der Waals surface area contributed by atoms with Crippen molar-refractivity contribution in [2.24, 2.45) is 5.10 Å². The first kappa shape index (κ1) is 25.1. The van der Waals surface area contributed by atoms with Gasteiger partial charge in [0.2, 0.25) is 0 Å². The number of rotatable bonds is 6. The van der Waals surface area contributed by atoms with Crippen molar-refractivity contribution in [1.82, 2.24) is 5.43 Å². The predicted molar refractivity (Wildman–Crippen MR) is 133 cm³/mol. The number of nitrogens with zero attached hydrogens (tertiary/aromatic N) is 1. The Balaban J connectivity index is 1.66. The van der Waals surface area contributed by atoms with Crippen molar-refractivity contribution < 1.29 is 14.3 Å². The second-order valence-corrected chi connectivity index (χ2v) is 8.46. The van der Waals surface area contributed by atoms with E-state index in [0.717, 1.165) is 0 Å². The zero-order valence-corrected chi connectivity index (χ0v) is 20.3. The molecule has 2 N–H and O–H groups in total. The summed E-state index contributed by atoms with van der Waals surface area (Å²) >= 11 is 30.3. The highest BCUT2D eigenvalue weighted by Crippen LogP contribution is 2.30. The molecular weight excluding hydrogens is 532 g/mol. The predicted octanol–water partition coefficient (Wildman–Crippen LogP) is 6.62. The third-order valence-corrected chi connectivity index (χ3v) is 5.94. The van der Waals surface area contributed by atoms with Crippen LogP contribution in [-0.2, 0) is 16.2 Å². The zero-order chi connectivity index (χ0) is 24.0. The van der Waals surface area contributed by atoms with Crippen LogP contribution in [0.4, 0.5) is 5.69 Å². The van der Waals surface area contributed by atoms with Crippen molar-refractivity contribution in [3.8, 4) is 5.75 Å². The quantitative estimate of drug-likeness (QED) is 0.208. The molecule has 0 atom stereocenters. The van der Waals surface area contributed by atoms with Crippen molar-refractivity contribution in [1.29, 1.82) is 0 Å². The summed E-state index contributed by atoms with van der Waals surface area (Å²) in [5, 5.41) is 7.85. The van der Waals surface area contributed by atoms with Crippen molar-refractivity contribution >= 4 is 81.7 Å². The molecule has 0 aliphatic rings. The maximum atomic E-state index is 12.1. The van der Waals surface area contributed by atoms with Crippen LogP contribution in [0.1, 0.15) is 11.1 Å². The van der Waals surface area contributed by atoms with Gasteiger partial charge >= 0.3 is 11.8 Å². The van der Waals surface area contributed by atoms with E-state index in [2.05, 4.69) is 15.8 Å². The minimum atomic E-state index is -1.02. The maximum absolute atomic E-state index is 12.1. The Labute approximate surface area is 214 Å². The van der Waals surface area contributed by atoms with Gasteiger partial charge in [-0.2, -0.15) is 5.10 Å². The Hall–Kier alpha value is -2.48. The maximum Gasteiger partial charge on any atom is 0.329 e. The molecule has 2 amide bonds. The Bertz CT molecular complexity index is 1210. The number of carbonyl (C=O) groups is 2. The number of amides is 2. The summed E-state index contributed by atoms with van der Waals surface area (Å²) in [6, 6.07) is 14.6. The van der Waals surface area contributed by atoms with Crippen LogP contribution in [0.5, 0.6) is 5.75 Å². The molecule has 3 aromatic rings. The molecule has 3 rings (SSSR count). The number of nitrogens with one attached hydrogen (secondary N) is 2. The van der Waals surface area contributed by atoms with Crippen LogP contribution in [0.2, 0.25) is 25.1 Å². The summed E-state index contributed by atoms with van der Waals surface area (Å²) in [5.41, 5.74) is 3.38. The minimum absolute atomic E-state index is 0.0934. The fraction of sp³-hybridized carbons (Fsp3) is 0.0455. The van der Waals surface area contributed by atoms with E-state index < -0.39 is 11.8 Å². The number of anilines is 1. The summed E-state index contributed by atoms with van der Waals surface area (Å²) in [4.78, 5) is 24.2. The molecule has 0 bridgehead atoms. The average molecular weight is 546 g/mol. The van der Waals surface area contributed by atoms with E-state index in [1.54, 1.807) is 48.5 Å². The van der Waals surface area contributed by atoms with Gasteiger partial charge in [-0.1, -0.05) is 70.1 Å². The number of carbonyl (C=O) groups excluding carboxylic acids is 2.